The smallest absolute Gasteiger partial charge is 0.387 e. The van der Waals surface area contributed by atoms with Gasteiger partial charge in [-0.15, -0.1) is 0 Å². The Kier molecular flexibility index (Phi) is 6.21. The van der Waals surface area contributed by atoms with Gasteiger partial charge in [-0.1, -0.05) is 12.1 Å². The first-order valence-electron chi connectivity index (χ1n) is 9.12. The van der Waals surface area contributed by atoms with Gasteiger partial charge in [-0.3, -0.25) is 9.78 Å². The molecule has 1 aromatic carbocycles. The quantitative estimate of drug-likeness (QED) is 0.598. The lowest BCUT2D eigenvalue weighted by molar-refractivity contribution is -0.0498. The zero-order valence-electron chi connectivity index (χ0n) is 16.4. The van der Waals surface area contributed by atoms with E-state index in [0.717, 1.165) is 5.56 Å². The summed E-state index contributed by atoms with van der Waals surface area (Å²) in [6.45, 7) is 1.36. The molecule has 152 valence electrons. The largest absolute Gasteiger partial charge is 0.435 e. The molecule has 0 saturated carbocycles. The fourth-order valence-corrected chi connectivity index (χ4v) is 2.92. The van der Waals surface area contributed by atoms with Gasteiger partial charge in [-0.25, -0.2) is 4.98 Å². The van der Waals surface area contributed by atoms with Crippen molar-refractivity contribution in [3.05, 3.63) is 66.4 Å². The number of carbonyl (C=O) groups is 1. The maximum atomic E-state index is 12.9. The number of benzene rings is 1. The van der Waals surface area contributed by atoms with Gasteiger partial charge in [-0.05, 0) is 43.7 Å². The Morgan fingerprint density at radius 2 is 2.00 bits per heavy atom. The number of halogens is 2. The van der Waals surface area contributed by atoms with Crippen LogP contribution in [0, 0.1) is 0 Å². The second-order valence-electron chi connectivity index (χ2n) is 6.91. The fourth-order valence-electron chi connectivity index (χ4n) is 2.92. The number of aryl methyl sites for hydroxylation is 1. The first kappa shape index (κ1) is 20.4. The molecule has 0 atom stereocenters. The Hall–Kier alpha value is -3.29. The molecule has 3 aromatic rings. The summed E-state index contributed by atoms with van der Waals surface area (Å²) in [5.41, 5.74) is 2.51. The molecule has 2 heterocycles. The molecule has 0 bridgehead atoms. The number of imidazole rings is 1. The van der Waals surface area contributed by atoms with Gasteiger partial charge in [0.2, 0.25) is 0 Å². The van der Waals surface area contributed by atoms with E-state index in [4.69, 9.17) is 0 Å². The molecule has 0 aliphatic carbocycles. The predicted molar refractivity (Wildman–Crippen MR) is 105 cm³/mol. The van der Waals surface area contributed by atoms with Gasteiger partial charge in [0.15, 0.2) is 0 Å². The number of carbonyl (C=O) groups excluding carboxylic acids is 1. The van der Waals surface area contributed by atoms with Gasteiger partial charge in [0.25, 0.3) is 5.91 Å². The minimum atomic E-state index is -2.89. The molecular weight excluding hydrogens is 378 g/mol. The van der Waals surface area contributed by atoms with Crippen molar-refractivity contribution in [1.82, 2.24) is 19.4 Å². The van der Waals surface area contributed by atoms with E-state index in [1.807, 2.05) is 33.0 Å². The van der Waals surface area contributed by atoms with Crippen molar-refractivity contribution >= 4 is 5.91 Å². The SMILES string of the molecule is CC(C)N(Cc1ccnc(-c2cccc(OC(F)F)c2)c1)C(=O)c1cn(C)cn1. The number of rotatable bonds is 7. The average Bonchev–Trinajstić information content (AvgIpc) is 3.12. The number of amides is 1. The number of alkyl halides is 2. The minimum absolute atomic E-state index is 0.0381. The van der Waals surface area contributed by atoms with E-state index < -0.39 is 6.61 Å². The number of hydrogen-bond acceptors (Lipinski definition) is 4. The Morgan fingerprint density at radius 1 is 1.21 bits per heavy atom. The normalized spacial score (nSPS) is 11.1. The Bertz CT molecular complexity index is 988. The van der Waals surface area contributed by atoms with Crippen molar-refractivity contribution in [1.29, 1.82) is 0 Å². The van der Waals surface area contributed by atoms with Crippen LogP contribution in [0.15, 0.2) is 55.1 Å². The molecular formula is C21H22F2N4O2. The van der Waals surface area contributed by atoms with Crippen molar-refractivity contribution in [2.45, 2.75) is 33.0 Å². The summed E-state index contributed by atoms with van der Waals surface area (Å²) in [6.07, 6.45) is 4.91. The van der Waals surface area contributed by atoms with Crippen LogP contribution in [0.2, 0.25) is 0 Å². The summed E-state index contributed by atoms with van der Waals surface area (Å²) < 4.78 is 31.1. The van der Waals surface area contributed by atoms with Crippen LogP contribution >= 0.6 is 0 Å². The van der Waals surface area contributed by atoms with Gasteiger partial charge >= 0.3 is 6.61 Å². The van der Waals surface area contributed by atoms with E-state index >= 15 is 0 Å². The lowest BCUT2D eigenvalue weighted by atomic mass is 10.1. The summed E-state index contributed by atoms with van der Waals surface area (Å²) in [5, 5.41) is 0. The van der Waals surface area contributed by atoms with Crippen LogP contribution in [-0.2, 0) is 13.6 Å². The van der Waals surface area contributed by atoms with E-state index in [-0.39, 0.29) is 17.7 Å². The molecule has 0 fully saturated rings. The van der Waals surface area contributed by atoms with Crippen LogP contribution in [0.3, 0.4) is 0 Å². The number of pyridine rings is 1. The highest BCUT2D eigenvalue weighted by Gasteiger charge is 2.21. The van der Waals surface area contributed by atoms with Crippen LogP contribution in [-0.4, -0.2) is 38.0 Å². The number of ether oxygens (including phenoxy) is 1. The van der Waals surface area contributed by atoms with Gasteiger partial charge in [-0.2, -0.15) is 8.78 Å². The lowest BCUT2D eigenvalue weighted by Crippen LogP contribution is -2.36. The molecule has 3 rings (SSSR count). The van der Waals surface area contributed by atoms with Gasteiger partial charge in [0.05, 0.1) is 12.0 Å². The standard InChI is InChI=1S/C21H22F2N4O2/c1-14(2)27(20(28)19-12-26(3)13-25-19)11-15-7-8-24-18(9-15)16-5-4-6-17(10-16)29-21(22)23/h4-10,12-14,21H,11H2,1-3H3. The summed E-state index contributed by atoms with van der Waals surface area (Å²) in [7, 11) is 1.81. The van der Waals surface area contributed by atoms with Gasteiger partial charge < -0.3 is 14.2 Å². The zero-order chi connectivity index (χ0) is 21.0. The summed E-state index contributed by atoms with van der Waals surface area (Å²) >= 11 is 0. The van der Waals surface area contributed by atoms with Crippen LogP contribution in [0.1, 0.15) is 29.9 Å². The molecule has 0 aliphatic heterocycles. The van der Waals surface area contributed by atoms with Crippen LogP contribution in [0.5, 0.6) is 5.75 Å². The third-order valence-corrected chi connectivity index (χ3v) is 4.34. The van der Waals surface area contributed by atoms with Crippen LogP contribution in [0.25, 0.3) is 11.3 Å². The topological polar surface area (TPSA) is 60.3 Å². The number of aromatic nitrogens is 3. The number of hydrogen-bond donors (Lipinski definition) is 0. The fraction of sp³-hybridized carbons (Fsp3) is 0.286. The summed E-state index contributed by atoms with van der Waals surface area (Å²) in [4.78, 5) is 23.0. The molecule has 2 aromatic heterocycles. The van der Waals surface area contributed by atoms with Crippen LogP contribution in [0.4, 0.5) is 8.78 Å². The minimum Gasteiger partial charge on any atom is -0.435 e. The Balaban J connectivity index is 1.83. The molecule has 0 aliphatic rings. The highest BCUT2D eigenvalue weighted by Crippen LogP contribution is 2.24. The van der Waals surface area contributed by atoms with E-state index in [1.165, 1.54) is 12.1 Å². The van der Waals surface area contributed by atoms with E-state index in [2.05, 4.69) is 14.7 Å². The second kappa shape index (κ2) is 8.81. The maximum Gasteiger partial charge on any atom is 0.387 e. The molecule has 0 spiro atoms. The third-order valence-electron chi connectivity index (χ3n) is 4.34. The van der Waals surface area contributed by atoms with Gasteiger partial charge in [0.1, 0.15) is 11.4 Å². The highest BCUT2D eigenvalue weighted by molar-refractivity contribution is 5.92. The average molecular weight is 400 g/mol. The molecule has 8 heteroatoms. The Morgan fingerprint density at radius 3 is 2.66 bits per heavy atom. The summed E-state index contributed by atoms with van der Waals surface area (Å²) in [6, 6.07) is 10.00. The molecule has 29 heavy (non-hydrogen) atoms. The molecule has 0 N–H and O–H groups in total. The highest BCUT2D eigenvalue weighted by atomic mass is 19.3. The molecule has 0 unspecified atom stereocenters. The Labute approximate surface area is 167 Å². The molecule has 6 nitrogen and oxygen atoms in total. The van der Waals surface area contributed by atoms with Crippen molar-refractivity contribution in [3.8, 4) is 17.0 Å². The van der Waals surface area contributed by atoms with Crippen molar-refractivity contribution in [2.24, 2.45) is 7.05 Å². The van der Waals surface area contributed by atoms with Crippen molar-refractivity contribution in [3.63, 3.8) is 0 Å². The van der Waals surface area contributed by atoms with Gasteiger partial charge in [0, 0.05) is 37.6 Å². The number of nitrogens with zero attached hydrogens (tertiary/aromatic N) is 4. The van der Waals surface area contributed by atoms with E-state index in [0.29, 0.717) is 23.5 Å². The predicted octanol–water partition coefficient (Wildman–Crippen LogP) is 4.13. The first-order valence-corrected chi connectivity index (χ1v) is 9.12. The summed E-state index contributed by atoms with van der Waals surface area (Å²) in [5.74, 6) is -0.0925. The van der Waals surface area contributed by atoms with Crippen molar-refractivity contribution in [2.75, 3.05) is 0 Å². The van der Waals surface area contributed by atoms with Crippen molar-refractivity contribution < 1.29 is 18.3 Å². The molecule has 0 saturated heterocycles. The lowest BCUT2D eigenvalue weighted by Gasteiger charge is -2.26. The van der Waals surface area contributed by atoms with E-state index in [9.17, 15) is 13.6 Å². The maximum absolute atomic E-state index is 12.9. The molecule has 1 amide bonds. The zero-order valence-corrected chi connectivity index (χ0v) is 16.4. The third kappa shape index (κ3) is 5.16. The first-order chi connectivity index (χ1) is 13.8. The van der Waals surface area contributed by atoms with Crippen LogP contribution < -0.4 is 4.74 Å². The van der Waals surface area contributed by atoms with E-state index in [1.54, 1.807) is 40.3 Å². The molecule has 0 radical (unpaired) electrons. The monoisotopic (exact) mass is 400 g/mol. The second-order valence-corrected chi connectivity index (χ2v) is 6.91.